The zero-order chi connectivity index (χ0) is 70.5. The van der Waals surface area contributed by atoms with Crippen molar-refractivity contribution < 1.29 is 68.9 Å². The summed E-state index contributed by atoms with van der Waals surface area (Å²) in [6, 6.07) is 39.6. The van der Waals surface area contributed by atoms with E-state index in [0.29, 0.717) is 107 Å². The number of likely N-dealkylation sites (N-methyl/N-ethyl adjacent to an activating group) is 2. The molecule has 2 atom stereocenters. The molecule has 1 aliphatic carbocycles. The summed E-state index contributed by atoms with van der Waals surface area (Å²) in [4.78, 5) is 80.1. The van der Waals surface area contributed by atoms with Crippen LogP contribution in [0.15, 0.2) is 146 Å². The third kappa shape index (κ3) is 19.0. The Kier molecular flexibility index (Phi) is 24.4. The number of nitrogens with zero attached hydrogens (tertiary/aromatic N) is 7. The summed E-state index contributed by atoms with van der Waals surface area (Å²) in [5.74, 6) is -1.79. The third-order valence-corrected chi connectivity index (χ3v) is 20.0. The van der Waals surface area contributed by atoms with Crippen molar-refractivity contribution in [1.29, 1.82) is 0 Å². The predicted molar refractivity (Wildman–Crippen MR) is 363 cm³/mol. The number of likely N-dealkylation sites (tertiary alicyclic amines) is 2. The van der Waals surface area contributed by atoms with Gasteiger partial charge in [0.15, 0.2) is 0 Å². The molecule has 3 heterocycles. The monoisotopic (exact) mass is 1370 g/mol. The van der Waals surface area contributed by atoms with Gasteiger partial charge in [0.1, 0.15) is 30.9 Å². The number of piperidine rings is 2. The van der Waals surface area contributed by atoms with Crippen LogP contribution in [0.2, 0.25) is 0 Å². The van der Waals surface area contributed by atoms with E-state index in [0.717, 1.165) is 91.0 Å². The molecule has 3 saturated heterocycles. The molecular weight excluding hydrogens is 1290 g/mol. The third-order valence-electron chi connectivity index (χ3n) is 20.0. The maximum atomic E-state index is 14.3. The Morgan fingerprint density at radius 1 is 0.636 bits per heavy atom. The largest absolute Gasteiger partial charge is 0.446 e. The molecule has 10 rings (SSSR count). The molecule has 530 valence electrons. The molecule has 6 aromatic rings. The van der Waals surface area contributed by atoms with E-state index in [4.69, 9.17) is 14.2 Å². The minimum absolute atomic E-state index is 0.0273. The van der Waals surface area contributed by atoms with E-state index in [1.807, 2.05) is 103 Å². The minimum Gasteiger partial charge on any atom is -0.446 e. The van der Waals surface area contributed by atoms with Crippen molar-refractivity contribution in [2.75, 3.05) is 119 Å². The van der Waals surface area contributed by atoms with Crippen molar-refractivity contribution in [3.8, 4) is 11.1 Å². The Hall–Kier alpha value is -8.22. The number of nitrogens with one attached hydrogen (secondary N) is 1. The summed E-state index contributed by atoms with van der Waals surface area (Å²) in [5, 5.41) is 2.94. The lowest BCUT2D eigenvalue weighted by Gasteiger charge is -2.44. The summed E-state index contributed by atoms with van der Waals surface area (Å²) in [6.07, 6.45) is -3.91. The van der Waals surface area contributed by atoms with E-state index < -0.39 is 64.6 Å². The van der Waals surface area contributed by atoms with Crippen molar-refractivity contribution in [3.05, 3.63) is 196 Å². The Labute approximate surface area is 574 Å². The van der Waals surface area contributed by atoms with Gasteiger partial charge in [-0.15, -0.1) is 0 Å². The number of unbranched alkanes of at least 4 members (excludes halogenated alkanes) is 2. The molecule has 1 N–H and O–H groups in total. The number of fused-ring (bicyclic) bond motifs is 2. The summed E-state index contributed by atoms with van der Waals surface area (Å²) in [6.45, 7) is 6.11. The average Bonchev–Trinajstić information content (AvgIpc) is 1.61. The molecule has 0 bridgehead atoms. The maximum Gasteiger partial charge on any atom is 0.416 e. The SMILES string of the molecule is CN(CCCCCC(=O)N(C)CCN1CCC(OC(=O)Nc2ccccc2-c2ccccc2)CC1)Cc1cccc(C(=O)N(C)CCCN(C)C(=O)CO[C@H]2Cc3ccccc3C23CCN(CC[C@@]2(c4ccc(F)cc4)CN(C(=O)c4cc(C(F)(F)F)cc(C(F)(F)F)c4)CO2)CC3)c1. The van der Waals surface area contributed by atoms with Crippen LogP contribution < -0.4 is 5.32 Å². The number of amides is 5. The van der Waals surface area contributed by atoms with Gasteiger partial charge in [-0.1, -0.05) is 103 Å². The first-order valence-corrected chi connectivity index (χ1v) is 34.1. The Morgan fingerprint density at radius 2 is 1.29 bits per heavy atom. The van der Waals surface area contributed by atoms with Crippen LogP contribution >= 0.6 is 0 Å². The van der Waals surface area contributed by atoms with Crippen LogP contribution in [0.25, 0.3) is 11.1 Å². The molecule has 3 aliphatic heterocycles. The fraction of sp³-hybridized carbons (Fsp3) is 0.461. The van der Waals surface area contributed by atoms with Gasteiger partial charge >= 0.3 is 18.4 Å². The van der Waals surface area contributed by atoms with E-state index in [9.17, 15) is 54.7 Å². The molecule has 5 amide bonds. The van der Waals surface area contributed by atoms with Crippen molar-refractivity contribution in [1.82, 2.24) is 34.3 Å². The van der Waals surface area contributed by atoms with Gasteiger partial charge < -0.3 is 48.5 Å². The lowest BCUT2D eigenvalue weighted by atomic mass is 9.72. The molecule has 3 fully saturated rings. The normalized spacial score (nSPS) is 18.1. The highest BCUT2D eigenvalue weighted by Gasteiger charge is 2.50. The van der Waals surface area contributed by atoms with E-state index in [1.165, 1.54) is 24.3 Å². The molecule has 6 aromatic carbocycles. The van der Waals surface area contributed by atoms with Crippen molar-refractivity contribution in [2.45, 2.75) is 113 Å². The highest BCUT2D eigenvalue weighted by Crippen LogP contribution is 2.49. The van der Waals surface area contributed by atoms with Crippen LogP contribution in [-0.4, -0.2) is 190 Å². The van der Waals surface area contributed by atoms with Gasteiger partial charge in [-0.05, 0) is 161 Å². The lowest BCUT2D eigenvalue weighted by molar-refractivity contribution is -0.143. The molecule has 23 heteroatoms. The van der Waals surface area contributed by atoms with Crippen molar-refractivity contribution in [2.24, 2.45) is 0 Å². The van der Waals surface area contributed by atoms with Crippen LogP contribution in [0.3, 0.4) is 0 Å². The molecule has 0 radical (unpaired) electrons. The number of anilines is 1. The first-order valence-electron chi connectivity index (χ1n) is 34.1. The molecule has 16 nitrogen and oxygen atoms in total. The molecular formula is C76H89F7N8O8. The number of alkyl halides is 6. The summed E-state index contributed by atoms with van der Waals surface area (Å²) < 4.78 is 116. The number of carbonyl (C=O) groups excluding carboxylic acids is 5. The van der Waals surface area contributed by atoms with Crippen LogP contribution in [0.1, 0.15) is 118 Å². The Balaban J connectivity index is 0.612. The molecule has 0 aromatic heterocycles. The van der Waals surface area contributed by atoms with Gasteiger partial charge in [0.2, 0.25) is 11.8 Å². The maximum absolute atomic E-state index is 14.3. The smallest absolute Gasteiger partial charge is 0.416 e. The summed E-state index contributed by atoms with van der Waals surface area (Å²) >= 11 is 0. The molecule has 1 spiro atoms. The van der Waals surface area contributed by atoms with Gasteiger partial charge in [-0.3, -0.25) is 24.5 Å². The topological polar surface area (TPSA) is 148 Å². The standard InChI is InChI=1S/C76H89F7N8O8/c1-85(35-14-6-9-25-68(92)87(3)43-44-89-38-30-63(31-39-89)99-72(96)84-66-24-13-11-22-64(66)55-18-7-5-8-19-55)50-54-17-15-21-57(45-54)70(94)88(4)37-16-36-86(2)69(93)51-97-67-48-56-20-10-12-23-65(56)73(67)32-40-90(41-33-73)42-34-74(59-26-28-62(77)29-27-59)52-91(53-98-74)71(95)58-46-60(75(78,79)80)49-61(47-58)76(81,82)83/h5,7-8,10-13,15,17-24,26-29,45-47,49,63,67H,6,9,14,16,25,30-44,48,50-53H2,1-4H3,(H,84,96)/t67-,74-/m0/s1. The second kappa shape index (κ2) is 32.8. The quantitative estimate of drug-likeness (QED) is 0.0388. The number of carbonyl (C=O) groups is 5. The van der Waals surface area contributed by atoms with E-state index in [-0.39, 0.29) is 55.6 Å². The molecule has 4 aliphatic rings. The first kappa shape index (κ1) is 73.5. The fourth-order valence-corrected chi connectivity index (χ4v) is 14.2. The number of hydrogen-bond donors (Lipinski definition) is 1. The number of halogens is 7. The van der Waals surface area contributed by atoms with Gasteiger partial charge in [-0.25, -0.2) is 9.18 Å². The van der Waals surface area contributed by atoms with Gasteiger partial charge in [0, 0.05) is 102 Å². The zero-order valence-electron chi connectivity index (χ0n) is 56.7. The molecule has 0 unspecified atom stereocenters. The van der Waals surface area contributed by atoms with Gasteiger partial charge in [-0.2, -0.15) is 26.3 Å². The van der Waals surface area contributed by atoms with Crippen molar-refractivity contribution in [3.63, 3.8) is 0 Å². The minimum atomic E-state index is -5.15. The first-order chi connectivity index (χ1) is 47.4. The Morgan fingerprint density at radius 3 is 2.01 bits per heavy atom. The van der Waals surface area contributed by atoms with Crippen LogP contribution in [0.5, 0.6) is 0 Å². The molecule has 99 heavy (non-hydrogen) atoms. The van der Waals surface area contributed by atoms with E-state index >= 15 is 0 Å². The zero-order valence-corrected chi connectivity index (χ0v) is 56.7. The number of hydrogen-bond acceptors (Lipinski definition) is 11. The van der Waals surface area contributed by atoms with Gasteiger partial charge in [0.05, 0.1) is 29.5 Å². The number of para-hydroxylation sites is 1. The summed E-state index contributed by atoms with van der Waals surface area (Å²) in [5.41, 5.74) is 1.35. The van der Waals surface area contributed by atoms with Crippen LogP contribution in [0.4, 0.5) is 41.2 Å². The van der Waals surface area contributed by atoms with Crippen LogP contribution in [-0.2, 0) is 60.1 Å². The van der Waals surface area contributed by atoms with E-state index in [1.54, 1.807) is 23.9 Å². The lowest BCUT2D eigenvalue weighted by Crippen LogP contribution is -2.50. The summed E-state index contributed by atoms with van der Waals surface area (Å²) in [7, 11) is 7.39. The highest BCUT2D eigenvalue weighted by molar-refractivity contribution is 5.95. The van der Waals surface area contributed by atoms with E-state index in [2.05, 4.69) is 39.2 Å². The average molecular weight is 1380 g/mol. The second-order valence-corrected chi connectivity index (χ2v) is 26.9. The predicted octanol–water partition coefficient (Wildman–Crippen LogP) is 13.0. The highest BCUT2D eigenvalue weighted by atomic mass is 19.4. The number of ether oxygens (including phenoxy) is 3. The van der Waals surface area contributed by atoms with Crippen molar-refractivity contribution >= 4 is 35.4 Å². The fourth-order valence-electron chi connectivity index (χ4n) is 14.2. The number of rotatable bonds is 27. The Bertz CT molecular complexity index is 3700. The second-order valence-electron chi connectivity index (χ2n) is 26.9. The van der Waals surface area contributed by atoms with Gasteiger partial charge in [0.25, 0.3) is 11.8 Å². The molecule has 0 saturated carbocycles. The number of benzene rings is 6. The van der Waals surface area contributed by atoms with Crippen LogP contribution in [0, 0.1) is 5.82 Å².